The summed E-state index contributed by atoms with van der Waals surface area (Å²) in [5.41, 5.74) is 2.81. The number of nitrogens with one attached hydrogen (secondary N) is 1. The van der Waals surface area contributed by atoms with Gasteiger partial charge in [-0.2, -0.15) is 0 Å². The monoisotopic (exact) mass is 557 g/mol. The van der Waals surface area contributed by atoms with Crippen LogP contribution in [0.4, 0.5) is 5.82 Å². The number of carbonyl (C=O) groups is 2. The molecule has 1 N–H and O–H groups in total. The topological polar surface area (TPSA) is 138 Å². The molecule has 6 heterocycles. The van der Waals surface area contributed by atoms with Gasteiger partial charge in [0, 0.05) is 56.3 Å². The molecule has 0 aromatic carbocycles. The number of likely N-dealkylation sites (tertiary alicyclic amines) is 1. The van der Waals surface area contributed by atoms with Crippen LogP contribution in [0, 0.1) is 5.92 Å². The van der Waals surface area contributed by atoms with Crippen LogP contribution < -0.4 is 10.2 Å². The average Bonchev–Trinajstić information content (AvgIpc) is 3.49. The molecule has 12 heteroatoms. The molecule has 6 rings (SSSR count). The standard InChI is InChI=1S/C28H27N7O4S/c1-34-16-18-8-9-35(26(18)28(34)37)25-5-3-4-22(33-25)23-7-6-17-13-30-20(11-24(17)32-23)14-31-27(36)19-10-21(15-29-12-19)40(2,38)39/h3-7,10-13,15,18,26H,8-9,14,16H2,1-2H3,(H,31,36). The molecule has 0 aliphatic carbocycles. The van der Waals surface area contributed by atoms with E-state index in [-0.39, 0.29) is 29.0 Å². The van der Waals surface area contributed by atoms with Crippen molar-refractivity contribution in [2.75, 3.05) is 31.3 Å². The Hall–Kier alpha value is -4.45. The third kappa shape index (κ3) is 4.86. The number of likely N-dealkylation sites (N-methyl/N-ethyl adjacent to an activating group) is 1. The number of rotatable bonds is 6. The Labute approximate surface area is 231 Å². The average molecular weight is 558 g/mol. The lowest BCUT2D eigenvalue weighted by Crippen LogP contribution is -2.39. The highest BCUT2D eigenvalue weighted by Crippen LogP contribution is 2.35. The van der Waals surface area contributed by atoms with Gasteiger partial charge < -0.3 is 15.1 Å². The quantitative estimate of drug-likeness (QED) is 0.378. The largest absolute Gasteiger partial charge is 0.346 e. The lowest BCUT2D eigenvalue weighted by molar-refractivity contribution is -0.127. The van der Waals surface area contributed by atoms with E-state index >= 15 is 0 Å². The Morgan fingerprint density at radius 2 is 1.90 bits per heavy atom. The Morgan fingerprint density at radius 3 is 2.73 bits per heavy atom. The molecule has 2 saturated heterocycles. The second-order valence-electron chi connectivity index (χ2n) is 10.2. The zero-order valence-corrected chi connectivity index (χ0v) is 22.8. The van der Waals surface area contributed by atoms with Crippen molar-refractivity contribution in [3.63, 3.8) is 0 Å². The van der Waals surface area contributed by atoms with E-state index in [1.54, 1.807) is 17.2 Å². The molecule has 11 nitrogen and oxygen atoms in total. The van der Waals surface area contributed by atoms with Gasteiger partial charge in [-0.25, -0.2) is 18.4 Å². The molecule has 40 heavy (non-hydrogen) atoms. The van der Waals surface area contributed by atoms with Crippen molar-refractivity contribution in [2.24, 2.45) is 5.92 Å². The Morgan fingerprint density at radius 1 is 1.07 bits per heavy atom. The summed E-state index contributed by atoms with van der Waals surface area (Å²) in [5, 5.41) is 3.59. The normalized spacial score (nSPS) is 18.8. The number of hydrogen-bond acceptors (Lipinski definition) is 9. The first-order valence-corrected chi connectivity index (χ1v) is 14.7. The number of anilines is 1. The number of hydrogen-bond donors (Lipinski definition) is 1. The summed E-state index contributed by atoms with van der Waals surface area (Å²) >= 11 is 0. The van der Waals surface area contributed by atoms with Gasteiger partial charge in [-0.05, 0) is 42.8 Å². The predicted octanol–water partition coefficient (Wildman–Crippen LogP) is 2.09. The summed E-state index contributed by atoms with van der Waals surface area (Å²) < 4.78 is 23.6. The lowest BCUT2D eigenvalue weighted by atomic mass is 10.0. The Kier molecular flexibility index (Phi) is 6.41. The van der Waals surface area contributed by atoms with Gasteiger partial charge in [0.25, 0.3) is 5.91 Å². The van der Waals surface area contributed by atoms with Crippen LogP contribution >= 0.6 is 0 Å². The molecular formula is C28H27N7O4S. The minimum atomic E-state index is -3.48. The Bertz CT molecular complexity index is 1760. The second kappa shape index (κ2) is 9.94. The fourth-order valence-corrected chi connectivity index (χ4v) is 5.94. The number of amides is 2. The molecule has 2 atom stereocenters. The maximum absolute atomic E-state index is 12.7. The van der Waals surface area contributed by atoms with Crippen LogP contribution in [0.2, 0.25) is 0 Å². The molecule has 2 aliphatic heterocycles. The van der Waals surface area contributed by atoms with Gasteiger partial charge in [0.1, 0.15) is 11.9 Å². The molecular weight excluding hydrogens is 530 g/mol. The molecule has 4 aromatic rings. The number of nitrogens with zero attached hydrogens (tertiary/aromatic N) is 6. The fourth-order valence-electron chi connectivity index (χ4n) is 5.35. The van der Waals surface area contributed by atoms with E-state index < -0.39 is 15.7 Å². The molecule has 2 fully saturated rings. The minimum Gasteiger partial charge on any atom is -0.346 e. The van der Waals surface area contributed by atoms with Crippen LogP contribution in [0.1, 0.15) is 22.5 Å². The van der Waals surface area contributed by atoms with E-state index in [1.807, 2.05) is 37.4 Å². The molecule has 2 amide bonds. The van der Waals surface area contributed by atoms with Gasteiger partial charge in [0.05, 0.1) is 39.6 Å². The van der Waals surface area contributed by atoms with E-state index in [4.69, 9.17) is 9.97 Å². The van der Waals surface area contributed by atoms with Gasteiger partial charge in [-0.15, -0.1) is 0 Å². The zero-order valence-electron chi connectivity index (χ0n) is 22.0. The van der Waals surface area contributed by atoms with Gasteiger partial charge in [-0.1, -0.05) is 6.07 Å². The van der Waals surface area contributed by atoms with Crippen LogP contribution in [-0.2, 0) is 21.2 Å². The zero-order chi connectivity index (χ0) is 28.0. The maximum atomic E-state index is 12.7. The highest BCUT2D eigenvalue weighted by atomic mass is 32.2. The highest BCUT2D eigenvalue weighted by Gasteiger charge is 2.46. The smallest absolute Gasteiger partial charge is 0.253 e. The van der Waals surface area contributed by atoms with E-state index in [9.17, 15) is 18.0 Å². The number of fused-ring (bicyclic) bond motifs is 2. The molecule has 0 saturated carbocycles. The van der Waals surface area contributed by atoms with Gasteiger partial charge in [-0.3, -0.25) is 19.6 Å². The predicted molar refractivity (Wildman–Crippen MR) is 148 cm³/mol. The SMILES string of the molecule is CN1CC2CCN(c3cccc(-c4ccc5cnc(CNC(=O)c6cncc(S(C)(=O)=O)c6)cc5n4)n3)C2C1=O. The van der Waals surface area contributed by atoms with Crippen LogP contribution in [-0.4, -0.2) is 77.5 Å². The van der Waals surface area contributed by atoms with Crippen molar-refractivity contribution in [2.45, 2.75) is 23.9 Å². The van der Waals surface area contributed by atoms with Crippen molar-refractivity contribution < 1.29 is 18.0 Å². The van der Waals surface area contributed by atoms with Crippen molar-refractivity contribution in [3.8, 4) is 11.4 Å². The first-order valence-electron chi connectivity index (χ1n) is 12.9. The van der Waals surface area contributed by atoms with Crippen LogP contribution in [0.25, 0.3) is 22.3 Å². The summed E-state index contributed by atoms with van der Waals surface area (Å²) in [6.45, 7) is 1.70. The summed E-state index contributed by atoms with van der Waals surface area (Å²) in [5.74, 6) is 0.778. The number of sulfone groups is 1. The number of aromatic nitrogens is 4. The van der Waals surface area contributed by atoms with E-state index in [1.165, 1.54) is 18.5 Å². The van der Waals surface area contributed by atoms with Crippen molar-refractivity contribution in [3.05, 3.63) is 72.3 Å². The lowest BCUT2D eigenvalue weighted by Gasteiger charge is -2.24. The van der Waals surface area contributed by atoms with Crippen LogP contribution in [0.3, 0.4) is 0 Å². The first kappa shape index (κ1) is 25.8. The maximum Gasteiger partial charge on any atom is 0.253 e. The van der Waals surface area contributed by atoms with Gasteiger partial charge in [0.2, 0.25) is 5.91 Å². The minimum absolute atomic E-state index is 0.0230. The second-order valence-corrected chi connectivity index (χ2v) is 12.2. The van der Waals surface area contributed by atoms with Crippen LogP contribution in [0.15, 0.2) is 66.0 Å². The van der Waals surface area contributed by atoms with E-state index in [0.29, 0.717) is 28.5 Å². The number of pyridine rings is 4. The fraction of sp³-hybridized carbons (Fsp3) is 0.286. The Balaban J connectivity index is 1.21. The van der Waals surface area contributed by atoms with Gasteiger partial charge in [0.15, 0.2) is 9.84 Å². The molecule has 0 bridgehead atoms. The van der Waals surface area contributed by atoms with Crippen molar-refractivity contribution >= 4 is 38.4 Å². The molecule has 2 aliphatic rings. The highest BCUT2D eigenvalue weighted by molar-refractivity contribution is 7.90. The summed E-state index contributed by atoms with van der Waals surface area (Å²) in [6, 6.07) is 12.5. The van der Waals surface area contributed by atoms with Crippen molar-refractivity contribution in [1.29, 1.82) is 0 Å². The summed E-state index contributed by atoms with van der Waals surface area (Å²) in [7, 11) is -1.63. The molecule has 0 spiro atoms. The van der Waals surface area contributed by atoms with E-state index in [0.717, 1.165) is 37.0 Å². The van der Waals surface area contributed by atoms with Crippen molar-refractivity contribution in [1.82, 2.24) is 30.2 Å². The molecule has 0 radical (unpaired) electrons. The molecule has 2 unspecified atom stereocenters. The molecule has 4 aromatic heterocycles. The first-order chi connectivity index (χ1) is 19.2. The van der Waals surface area contributed by atoms with Crippen LogP contribution in [0.5, 0.6) is 0 Å². The summed E-state index contributed by atoms with van der Waals surface area (Å²) in [4.78, 5) is 47.2. The number of carbonyl (C=O) groups excluding carboxylic acids is 2. The third-order valence-corrected chi connectivity index (χ3v) is 8.50. The van der Waals surface area contributed by atoms with E-state index in [2.05, 4.69) is 20.2 Å². The molecule has 204 valence electrons. The summed E-state index contributed by atoms with van der Waals surface area (Å²) in [6.07, 6.45) is 6.24. The van der Waals surface area contributed by atoms with Gasteiger partial charge >= 0.3 is 0 Å². The third-order valence-electron chi connectivity index (χ3n) is 7.42.